The zero-order chi connectivity index (χ0) is 15.9. The van der Waals surface area contributed by atoms with Crippen LogP contribution in [0.4, 0.5) is 4.39 Å². The van der Waals surface area contributed by atoms with Crippen LogP contribution in [0, 0.1) is 11.7 Å². The van der Waals surface area contributed by atoms with Gasteiger partial charge in [0.1, 0.15) is 11.5 Å². The van der Waals surface area contributed by atoms with Crippen molar-refractivity contribution in [2.75, 3.05) is 13.1 Å². The van der Waals surface area contributed by atoms with Gasteiger partial charge < -0.3 is 15.6 Å². The highest BCUT2D eigenvalue weighted by Gasteiger charge is 2.27. The minimum atomic E-state index is -0.382. The first-order valence-corrected chi connectivity index (χ1v) is 7.81. The number of fused-ring (bicyclic) bond motifs is 1. The molecule has 22 heavy (non-hydrogen) atoms. The summed E-state index contributed by atoms with van der Waals surface area (Å²) >= 11 is 3.23. The number of primary amides is 1. The van der Waals surface area contributed by atoms with Gasteiger partial charge in [0.15, 0.2) is 0 Å². The molecular formula is C15H15BrFN3O2. The van der Waals surface area contributed by atoms with E-state index in [4.69, 9.17) is 5.73 Å². The van der Waals surface area contributed by atoms with Crippen LogP contribution in [-0.2, 0) is 4.79 Å². The Bertz CT molecular complexity index is 751. The molecule has 0 aliphatic carbocycles. The van der Waals surface area contributed by atoms with Gasteiger partial charge in [-0.3, -0.25) is 9.59 Å². The molecule has 0 saturated carbocycles. The molecule has 3 rings (SSSR count). The Balaban J connectivity index is 1.81. The van der Waals surface area contributed by atoms with Gasteiger partial charge in [0.2, 0.25) is 5.91 Å². The molecule has 1 aliphatic heterocycles. The number of hydrogen-bond acceptors (Lipinski definition) is 2. The summed E-state index contributed by atoms with van der Waals surface area (Å²) in [7, 11) is 0. The average Bonchev–Trinajstić information content (AvgIpc) is 2.90. The van der Waals surface area contributed by atoms with Crippen LogP contribution in [0.3, 0.4) is 0 Å². The Labute approximate surface area is 134 Å². The van der Waals surface area contributed by atoms with Gasteiger partial charge in [-0.05, 0) is 31.0 Å². The van der Waals surface area contributed by atoms with Crippen LogP contribution in [0.5, 0.6) is 0 Å². The predicted octanol–water partition coefficient (Wildman–Crippen LogP) is 2.41. The Kier molecular flexibility index (Phi) is 3.90. The van der Waals surface area contributed by atoms with E-state index in [1.165, 1.54) is 12.1 Å². The van der Waals surface area contributed by atoms with E-state index in [1.807, 2.05) is 0 Å². The maximum atomic E-state index is 13.9. The molecule has 0 atom stereocenters. The van der Waals surface area contributed by atoms with Crippen molar-refractivity contribution >= 4 is 38.6 Å². The monoisotopic (exact) mass is 367 g/mol. The van der Waals surface area contributed by atoms with Crippen LogP contribution >= 0.6 is 15.9 Å². The highest BCUT2D eigenvalue weighted by Crippen LogP contribution is 2.25. The van der Waals surface area contributed by atoms with Crippen molar-refractivity contribution in [1.29, 1.82) is 0 Å². The standard InChI is InChI=1S/C15H15BrFN3O2/c16-9-5-11(17)10-7-13(19-12(10)6-9)15(22)20-3-1-8(2-4-20)14(18)21/h5-8,19H,1-4H2,(H2,18,21). The minimum absolute atomic E-state index is 0.167. The van der Waals surface area contributed by atoms with E-state index in [0.717, 1.165) is 0 Å². The zero-order valence-corrected chi connectivity index (χ0v) is 13.3. The Hall–Kier alpha value is -1.89. The summed E-state index contributed by atoms with van der Waals surface area (Å²) in [6.07, 6.45) is 1.14. The number of nitrogens with one attached hydrogen (secondary N) is 1. The number of aromatic nitrogens is 1. The molecule has 1 saturated heterocycles. The van der Waals surface area contributed by atoms with Crippen LogP contribution in [-0.4, -0.2) is 34.8 Å². The first-order chi connectivity index (χ1) is 10.5. The third-order valence-corrected chi connectivity index (χ3v) is 4.53. The molecular weight excluding hydrogens is 353 g/mol. The number of hydrogen-bond donors (Lipinski definition) is 2. The quantitative estimate of drug-likeness (QED) is 0.854. The molecule has 1 aromatic heterocycles. The van der Waals surface area contributed by atoms with Crippen molar-refractivity contribution in [2.24, 2.45) is 11.7 Å². The lowest BCUT2D eigenvalue weighted by molar-refractivity contribution is -0.123. The summed E-state index contributed by atoms with van der Waals surface area (Å²) in [5.41, 5.74) is 6.21. The molecule has 5 nitrogen and oxygen atoms in total. The van der Waals surface area contributed by atoms with Crippen molar-refractivity contribution in [3.8, 4) is 0 Å². The summed E-state index contributed by atoms with van der Waals surface area (Å²) in [6, 6.07) is 4.62. The molecule has 3 N–H and O–H groups in total. The van der Waals surface area contributed by atoms with Crippen LogP contribution in [0.2, 0.25) is 0 Å². The first kappa shape index (κ1) is 15.0. The summed E-state index contributed by atoms with van der Waals surface area (Å²) < 4.78 is 14.5. The van der Waals surface area contributed by atoms with Crippen molar-refractivity contribution < 1.29 is 14.0 Å². The SMILES string of the molecule is NC(=O)C1CCN(C(=O)c2cc3c(F)cc(Br)cc3[nH]2)CC1. The van der Waals surface area contributed by atoms with E-state index in [2.05, 4.69) is 20.9 Å². The summed E-state index contributed by atoms with van der Waals surface area (Å²) in [4.78, 5) is 28.3. The Morgan fingerprint density at radius 3 is 2.59 bits per heavy atom. The van der Waals surface area contributed by atoms with E-state index >= 15 is 0 Å². The molecule has 0 bridgehead atoms. The maximum absolute atomic E-state index is 13.9. The summed E-state index contributed by atoms with van der Waals surface area (Å²) in [5.74, 6) is -1.05. The van der Waals surface area contributed by atoms with Crippen molar-refractivity contribution in [3.05, 3.63) is 34.2 Å². The van der Waals surface area contributed by atoms with Gasteiger partial charge in [0.05, 0.1) is 5.52 Å². The average molecular weight is 368 g/mol. The van der Waals surface area contributed by atoms with Crippen LogP contribution in [0.25, 0.3) is 10.9 Å². The van der Waals surface area contributed by atoms with Crippen LogP contribution in [0.1, 0.15) is 23.3 Å². The molecule has 2 amide bonds. The lowest BCUT2D eigenvalue weighted by atomic mass is 9.96. The maximum Gasteiger partial charge on any atom is 0.270 e. The first-order valence-electron chi connectivity index (χ1n) is 7.02. The van der Waals surface area contributed by atoms with Crippen molar-refractivity contribution in [2.45, 2.75) is 12.8 Å². The second kappa shape index (κ2) is 5.72. The number of H-pyrrole nitrogens is 1. The third-order valence-electron chi connectivity index (χ3n) is 4.07. The fourth-order valence-electron chi connectivity index (χ4n) is 2.81. The number of nitrogens with zero attached hydrogens (tertiary/aromatic N) is 1. The molecule has 1 aliphatic rings. The molecule has 1 aromatic carbocycles. The highest BCUT2D eigenvalue weighted by atomic mass is 79.9. The van der Waals surface area contributed by atoms with Crippen molar-refractivity contribution in [3.63, 3.8) is 0 Å². The molecule has 2 heterocycles. The van der Waals surface area contributed by atoms with Gasteiger partial charge in [0, 0.05) is 28.9 Å². The highest BCUT2D eigenvalue weighted by molar-refractivity contribution is 9.10. The van der Waals surface area contributed by atoms with E-state index in [1.54, 1.807) is 11.0 Å². The fraction of sp³-hybridized carbons (Fsp3) is 0.333. The molecule has 0 unspecified atom stereocenters. The lowest BCUT2D eigenvalue weighted by Gasteiger charge is -2.30. The number of aromatic amines is 1. The number of piperidine rings is 1. The predicted molar refractivity (Wildman–Crippen MR) is 83.8 cm³/mol. The second-order valence-corrected chi connectivity index (χ2v) is 6.42. The van der Waals surface area contributed by atoms with Gasteiger partial charge in [-0.2, -0.15) is 0 Å². The van der Waals surface area contributed by atoms with Crippen LogP contribution < -0.4 is 5.73 Å². The number of halogens is 2. The molecule has 2 aromatic rings. The van der Waals surface area contributed by atoms with Gasteiger partial charge in [-0.1, -0.05) is 15.9 Å². The largest absolute Gasteiger partial charge is 0.369 e. The van der Waals surface area contributed by atoms with E-state index in [-0.39, 0.29) is 23.5 Å². The number of nitrogens with two attached hydrogens (primary N) is 1. The summed E-state index contributed by atoms with van der Waals surface area (Å²) in [6.45, 7) is 0.960. The van der Waals surface area contributed by atoms with Crippen molar-refractivity contribution in [1.82, 2.24) is 9.88 Å². The zero-order valence-electron chi connectivity index (χ0n) is 11.7. The Morgan fingerprint density at radius 2 is 1.95 bits per heavy atom. The van der Waals surface area contributed by atoms with Gasteiger partial charge >= 0.3 is 0 Å². The van der Waals surface area contributed by atoms with Crippen LogP contribution in [0.15, 0.2) is 22.7 Å². The summed E-state index contributed by atoms with van der Waals surface area (Å²) in [5, 5.41) is 0.388. The fourth-order valence-corrected chi connectivity index (χ4v) is 3.24. The number of carbonyl (C=O) groups excluding carboxylic acids is 2. The molecule has 116 valence electrons. The number of amides is 2. The third kappa shape index (κ3) is 2.72. The molecule has 0 spiro atoms. The lowest BCUT2D eigenvalue weighted by Crippen LogP contribution is -2.41. The normalized spacial score (nSPS) is 16.2. The Morgan fingerprint density at radius 1 is 1.27 bits per heavy atom. The number of benzene rings is 1. The molecule has 0 radical (unpaired) electrons. The van der Waals surface area contributed by atoms with Gasteiger partial charge in [-0.15, -0.1) is 0 Å². The smallest absolute Gasteiger partial charge is 0.270 e. The van der Waals surface area contributed by atoms with Gasteiger partial charge in [0.25, 0.3) is 5.91 Å². The second-order valence-electron chi connectivity index (χ2n) is 5.50. The minimum Gasteiger partial charge on any atom is -0.369 e. The van der Waals surface area contributed by atoms with E-state index in [0.29, 0.717) is 47.0 Å². The van der Waals surface area contributed by atoms with Gasteiger partial charge in [-0.25, -0.2) is 4.39 Å². The topological polar surface area (TPSA) is 79.2 Å². The number of rotatable bonds is 2. The number of carbonyl (C=O) groups is 2. The molecule has 7 heteroatoms. The van der Waals surface area contributed by atoms with E-state index in [9.17, 15) is 14.0 Å². The number of likely N-dealkylation sites (tertiary alicyclic amines) is 1. The molecule has 1 fully saturated rings. The van der Waals surface area contributed by atoms with E-state index < -0.39 is 0 Å².